The largest absolute Gasteiger partial charge is 0.494 e. The molecular formula is C26H38N6O3. The number of aromatic amines is 1. The summed E-state index contributed by atoms with van der Waals surface area (Å²) < 4.78 is 13.6. The number of benzene rings is 1. The van der Waals surface area contributed by atoms with E-state index in [0.717, 1.165) is 41.9 Å². The van der Waals surface area contributed by atoms with E-state index < -0.39 is 0 Å². The molecule has 1 N–H and O–H groups in total. The monoisotopic (exact) mass is 482 g/mol. The summed E-state index contributed by atoms with van der Waals surface area (Å²) in [6.45, 7) is 15.1. The molecule has 190 valence electrons. The van der Waals surface area contributed by atoms with Crippen molar-refractivity contribution in [2.75, 3.05) is 19.8 Å². The summed E-state index contributed by atoms with van der Waals surface area (Å²) in [6, 6.07) is 7.64. The molecular weight excluding hydrogens is 444 g/mol. The standard InChI is InChI=1S/C26H38N6O3/c1-7-34-20-10-11-22-18(14-20)13-19(25(33)27-22)15-31(16-21-9-8-12-35-21)23(17(2)3)24-28-29-30-32(24)26(4,5)6/h10-11,13-14,17,21,23H,7-9,12,15-16H2,1-6H3,(H,27,33). The minimum atomic E-state index is -0.266. The number of nitrogens with zero attached hydrogens (tertiary/aromatic N) is 5. The molecule has 1 aliphatic heterocycles. The Morgan fingerprint density at radius 3 is 2.74 bits per heavy atom. The number of H-pyrrole nitrogens is 1. The van der Waals surface area contributed by atoms with Gasteiger partial charge in [-0.05, 0) is 81.1 Å². The molecule has 1 aromatic carbocycles. The molecule has 2 aromatic heterocycles. The van der Waals surface area contributed by atoms with E-state index in [1.54, 1.807) is 0 Å². The molecule has 0 radical (unpaired) electrons. The SMILES string of the molecule is CCOc1ccc2[nH]c(=O)c(CN(CC3CCCO3)C(c3nnnn3C(C)(C)C)C(C)C)cc2c1. The van der Waals surface area contributed by atoms with Gasteiger partial charge in [-0.3, -0.25) is 9.69 Å². The number of nitrogens with one attached hydrogen (secondary N) is 1. The van der Waals surface area contributed by atoms with E-state index in [2.05, 4.69) is 60.0 Å². The second-order valence-corrected chi connectivity index (χ2v) is 10.7. The fourth-order valence-corrected chi connectivity index (χ4v) is 4.89. The van der Waals surface area contributed by atoms with Crippen LogP contribution in [0.4, 0.5) is 0 Å². The fraction of sp³-hybridized carbons (Fsp3) is 0.615. The van der Waals surface area contributed by atoms with Gasteiger partial charge in [0.1, 0.15) is 5.75 Å². The van der Waals surface area contributed by atoms with Crippen molar-refractivity contribution >= 4 is 10.9 Å². The quantitative estimate of drug-likeness (QED) is 0.491. The fourth-order valence-electron chi connectivity index (χ4n) is 4.89. The number of aromatic nitrogens is 5. The Balaban J connectivity index is 1.75. The molecule has 0 saturated carbocycles. The maximum absolute atomic E-state index is 13.1. The second kappa shape index (κ2) is 10.5. The average molecular weight is 483 g/mol. The van der Waals surface area contributed by atoms with E-state index in [0.29, 0.717) is 25.3 Å². The van der Waals surface area contributed by atoms with Gasteiger partial charge in [0.05, 0.1) is 24.3 Å². The topological polar surface area (TPSA) is 98.2 Å². The number of hydrogen-bond donors (Lipinski definition) is 1. The van der Waals surface area contributed by atoms with Crippen molar-refractivity contribution in [1.82, 2.24) is 30.1 Å². The lowest BCUT2D eigenvalue weighted by molar-refractivity contribution is 0.0371. The van der Waals surface area contributed by atoms with Crippen molar-refractivity contribution in [3.05, 3.63) is 46.0 Å². The molecule has 4 rings (SSSR count). The Hall–Kier alpha value is -2.78. The molecule has 3 heterocycles. The zero-order valence-electron chi connectivity index (χ0n) is 21.7. The Morgan fingerprint density at radius 1 is 1.29 bits per heavy atom. The van der Waals surface area contributed by atoms with Crippen molar-refractivity contribution in [2.45, 2.75) is 78.6 Å². The van der Waals surface area contributed by atoms with Crippen LogP contribution in [-0.2, 0) is 16.8 Å². The third kappa shape index (κ3) is 5.73. The van der Waals surface area contributed by atoms with Gasteiger partial charge in [0.2, 0.25) is 0 Å². The summed E-state index contributed by atoms with van der Waals surface area (Å²) in [5, 5.41) is 13.7. The van der Waals surface area contributed by atoms with Crippen LogP contribution in [0.3, 0.4) is 0 Å². The molecule has 0 amide bonds. The Kier molecular flexibility index (Phi) is 7.56. The maximum Gasteiger partial charge on any atom is 0.252 e. The van der Waals surface area contributed by atoms with Crippen LogP contribution in [-0.4, -0.2) is 56.0 Å². The van der Waals surface area contributed by atoms with Crippen LogP contribution < -0.4 is 10.3 Å². The molecule has 3 aromatic rings. The third-order valence-corrected chi connectivity index (χ3v) is 6.46. The lowest BCUT2D eigenvalue weighted by atomic mass is 9.98. The van der Waals surface area contributed by atoms with Gasteiger partial charge >= 0.3 is 0 Å². The van der Waals surface area contributed by atoms with Crippen molar-refractivity contribution in [1.29, 1.82) is 0 Å². The number of ether oxygens (including phenoxy) is 2. The first-order valence-electron chi connectivity index (χ1n) is 12.6. The molecule has 0 bridgehead atoms. The van der Waals surface area contributed by atoms with Gasteiger partial charge < -0.3 is 14.5 Å². The van der Waals surface area contributed by atoms with Crippen LogP contribution in [0.25, 0.3) is 10.9 Å². The molecule has 2 atom stereocenters. The summed E-state index contributed by atoms with van der Waals surface area (Å²) in [5.41, 5.74) is 1.14. The van der Waals surface area contributed by atoms with E-state index in [-0.39, 0.29) is 29.2 Å². The van der Waals surface area contributed by atoms with Gasteiger partial charge in [0.15, 0.2) is 5.82 Å². The molecule has 2 unspecified atom stereocenters. The van der Waals surface area contributed by atoms with Crippen LogP contribution in [0.15, 0.2) is 29.1 Å². The smallest absolute Gasteiger partial charge is 0.252 e. The molecule has 1 fully saturated rings. The van der Waals surface area contributed by atoms with E-state index in [1.807, 2.05) is 35.9 Å². The first-order valence-corrected chi connectivity index (χ1v) is 12.6. The van der Waals surface area contributed by atoms with Crippen molar-refractivity contribution in [3.8, 4) is 5.75 Å². The minimum Gasteiger partial charge on any atom is -0.494 e. The number of pyridine rings is 1. The van der Waals surface area contributed by atoms with Crippen LogP contribution >= 0.6 is 0 Å². The second-order valence-electron chi connectivity index (χ2n) is 10.7. The van der Waals surface area contributed by atoms with Crippen molar-refractivity contribution < 1.29 is 9.47 Å². The van der Waals surface area contributed by atoms with Gasteiger partial charge in [0, 0.05) is 36.2 Å². The van der Waals surface area contributed by atoms with Crippen LogP contribution in [0.2, 0.25) is 0 Å². The molecule has 1 aliphatic rings. The summed E-state index contributed by atoms with van der Waals surface area (Å²) >= 11 is 0. The van der Waals surface area contributed by atoms with Crippen LogP contribution in [0.5, 0.6) is 5.75 Å². The maximum atomic E-state index is 13.1. The highest BCUT2D eigenvalue weighted by molar-refractivity contribution is 5.80. The highest BCUT2D eigenvalue weighted by Gasteiger charge is 2.34. The molecule has 0 aliphatic carbocycles. The zero-order valence-corrected chi connectivity index (χ0v) is 21.7. The predicted octanol–water partition coefficient (Wildman–Crippen LogP) is 4.05. The normalized spacial score (nSPS) is 17.5. The lowest BCUT2D eigenvalue weighted by Gasteiger charge is -2.36. The summed E-state index contributed by atoms with van der Waals surface area (Å²) in [7, 11) is 0. The van der Waals surface area contributed by atoms with Crippen LogP contribution in [0, 0.1) is 5.92 Å². The molecule has 0 spiro atoms. The van der Waals surface area contributed by atoms with Crippen LogP contribution in [0.1, 0.15) is 71.8 Å². The van der Waals surface area contributed by atoms with E-state index in [4.69, 9.17) is 9.47 Å². The number of fused-ring (bicyclic) bond motifs is 1. The first kappa shape index (κ1) is 25.3. The van der Waals surface area contributed by atoms with Gasteiger partial charge in [0.25, 0.3) is 5.56 Å². The van der Waals surface area contributed by atoms with Crippen molar-refractivity contribution in [2.24, 2.45) is 5.92 Å². The predicted molar refractivity (Wildman–Crippen MR) is 136 cm³/mol. The highest BCUT2D eigenvalue weighted by Crippen LogP contribution is 2.32. The van der Waals surface area contributed by atoms with Gasteiger partial charge in [-0.15, -0.1) is 5.10 Å². The van der Waals surface area contributed by atoms with Gasteiger partial charge in [-0.1, -0.05) is 13.8 Å². The third-order valence-electron chi connectivity index (χ3n) is 6.46. The summed E-state index contributed by atoms with van der Waals surface area (Å²) in [5.74, 6) is 1.81. The number of tetrazole rings is 1. The minimum absolute atomic E-state index is 0.0849. The van der Waals surface area contributed by atoms with Crippen molar-refractivity contribution in [3.63, 3.8) is 0 Å². The molecule has 9 heteroatoms. The Bertz CT molecular complexity index is 1190. The molecule has 1 saturated heterocycles. The van der Waals surface area contributed by atoms with E-state index in [1.165, 1.54) is 0 Å². The van der Waals surface area contributed by atoms with E-state index >= 15 is 0 Å². The van der Waals surface area contributed by atoms with E-state index in [9.17, 15) is 4.79 Å². The first-order chi connectivity index (χ1) is 16.7. The van der Waals surface area contributed by atoms with Gasteiger partial charge in [-0.2, -0.15) is 0 Å². The molecule has 35 heavy (non-hydrogen) atoms. The Morgan fingerprint density at radius 2 is 2.09 bits per heavy atom. The summed E-state index contributed by atoms with van der Waals surface area (Å²) in [6.07, 6.45) is 2.19. The van der Waals surface area contributed by atoms with Gasteiger partial charge in [-0.25, -0.2) is 4.68 Å². The average Bonchev–Trinajstić information content (AvgIpc) is 3.47. The zero-order chi connectivity index (χ0) is 25.2. The Labute approximate surface area is 206 Å². The number of hydrogen-bond acceptors (Lipinski definition) is 7. The highest BCUT2D eigenvalue weighted by atomic mass is 16.5. The lowest BCUT2D eigenvalue weighted by Crippen LogP contribution is -2.41. The number of rotatable bonds is 9. The summed E-state index contributed by atoms with van der Waals surface area (Å²) in [4.78, 5) is 18.5. The molecule has 9 nitrogen and oxygen atoms in total.